The highest BCUT2D eigenvalue weighted by Crippen LogP contribution is 2.28. The predicted molar refractivity (Wildman–Crippen MR) is 103 cm³/mol. The Morgan fingerprint density at radius 1 is 1.19 bits per heavy atom. The Hall–Kier alpha value is -3.48. The molecule has 1 N–H and O–H groups in total. The summed E-state index contributed by atoms with van der Waals surface area (Å²) in [5, 5.41) is 3.95. The Balaban J connectivity index is 1.68. The van der Waals surface area contributed by atoms with Crippen molar-refractivity contribution in [2.24, 2.45) is 5.10 Å². The minimum atomic E-state index is -0.361. The van der Waals surface area contributed by atoms with E-state index in [9.17, 15) is 4.79 Å². The fraction of sp³-hybridized carbons (Fsp3) is 0.200. The highest BCUT2D eigenvalue weighted by molar-refractivity contribution is 5.95. The standard InChI is InChI=1S/C20H20N4O3/c1-3-10-27-18-9-8-14(11-19(18)26-2)20(25)24-22-13-15-12-21-16-6-4-5-7-17(16)23-15/h4-9,11-13H,3,10H2,1-2H3,(H,24,25)/b22-13-. The summed E-state index contributed by atoms with van der Waals surface area (Å²) in [5.41, 5.74) is 5.01. The summed E-state index contributed by atoms with van der Waals surface area (Å²) < 4.78 is 10.9. The largest absolute Gasteiger partial charge is 0.493 e. The van der Waals surface area contributed by atoms with Crippen LogP contribution in [0.1, 0.15) is 29.4 Å². The van der Waals surface area contributed by atoms with Gasteiger partial charge in [0.25, 0.3) is 5.91 Å². The number of fused-ring (bicyclic) bond motifs is 1. The molecule has 0 radical (unpaired) electrons. The van der Waals surface area contributed by atoms with Gasteiger partial charge in [-0.2, -0.15) is 5.10 Å². The van der Waals surface area contributed by atoms with Gasteiger partial charge in [0.2, 0.25) is 0 Å². The molecule has 27 heavy (non-hydrogen) atoms. The lowest BCUT2D eigenvalue weighted by Crippen LogP contribution is -2.17. The molecule has 0 spiro atoms. The molecular formula is C20H20N4O3. The van der Waals surface area contributed by atoms with Crippen LogP contribution in [-0.2, 0) is 0 Å². The van der Waals surface area contributed by atoms with Crippen molar-refractivity contribution in [1.29, 1.82) is 0 Å². The molecule has 0 unspecified atom stereocenters. The number of nitrogens with one attached hydrogen (secondary N) is 1. The first-order valence-electron chi connectivity index (χ1n) is 8.57. The molecule has 3 aromatic rings. The molecular weight excluding hydrogens is 344 g/mol. The lowest BCUT2D eigenvalue weighted by atomic mass is 10.2. The van der Waals surface area contributed by atoms with Gasteiger partial charge in [0, 0.05) is 5.56 Å². The molecule has 0 bridgehead atoms. The second-order valence-corrected chi connectivity index (χ2v) is 5.70. The maximum absolute atomic E-state index is 12.3. The third kappa shape index (κ3) is 4.58. The van der Waals surface area contributed by atoms with Crippen molar-refractivity contribution >= 4 is 23.2 Å². The van der Waals surface area contributed by atoms with Gasteiger partial charge in [-0.15, -0.1) is 0 Å². The molecule has 0 atom stereocenters. The highest BCUT2D eigenvalue weighted by atomic mass is 16.5. The number of hydrogen-bond donors (Lipinski definition) is 1. The van der Waals surface area contributed by atoms with Gasteiger partial charge in [0.15, 0.2) is 11.5 Å². The van der Waals surface area contributed by atoms with Gasteiger partial charge in [-0.1, -0.05) is 19.1 Å². The molecule has 0 fully saturated rings. The zero-order chi connectivity index (χ0) is 19.1. The van der Waals surface area contributed by atoms with Crippen LogP contribution in [0.3, 0.4) is 0 Å². The Labute approximate surface area is 157 Å². The average Bonchev–Trinajstić information content (AvgIpc) is 2.71. The molecule has 0 aliphatic heterocycles. The lowest BCUT2D eigenvalue weighted by Gasteiger charge is -2.11. The van der Waals surface area contributed by atoms with Crippen LogP contribution in [0.15, 0.2) is 53.8 Å². The number of amides is 1. The van der Waals surface area contributed by atoms with Gasteiger partial charge >= 0.3 is 0 Å². The van der Waals surface area contributed by atoms with Gasteiger partial charge in [-0.25, -0.2) is 10.4 Å². The lowest BCUT2D eigenvalue weighted by molar-refractivity contribution is 0.0954. The fourth-order valence-corrected chi connectivity index (χ4v) is 2.40. The van der Waals surface area contributed by atoms with E-state index in [4.69, 9.17) is 9.47 Å². The molecule has 1 heterocycles. The molecule has 0 aliphatic carbocycles. The minimum absolute atomic E-state index is 0.361. The number of ether oxygens (including phenoxy) is 2. The first kappa shape index (κ1) is 18.3. The third-order valence-electron chi connectivity index (χ3n) is 3.72. The van der Waals surface area contributed by atoms with Crippen LogP contribution >= 0.6 is 0 Å². The van der Waals surface area contributed by atoms with E-state index in [-0.39, 0.29) is 5.91 Å². The number of carbonyl (C=O) groups excluding carboxylic acids is 1. The van der Waals surface area contributed by atoms with Crippen molar-refractivity contribution in [3.63, 3.8) is 0 Å². The highest BCUT2D eigenvalue weighted by Gasteiger charge is 2.10. The van der Waals surface area contributed by atoms with Crippen molar-refractivity contribution in [3.8, 4) is 11.5 Å². The van der Waals surface area contributed by atoms with Crippen LogP contribution in [0.5, 0.6) is 11.5 Å². The molecule has 1 aromatic heterocycles. The zero-order valence-corrected chi connectivity index (χ0v) is 15.2. The van der Waals surface area contributed by atoms with Gasteiger partial charge in [-0.3, -0.25) is 9.78 Å². The molecule has 7 heteroatoms. The van der Waals surface area contributed by atoms with E-state index in [0.29, 0.717) is 29.4 Å². The van der Waals surface area contributed by atoms with E-state index in [0.717, 1.165) is 17.5 Å². The molecule has 0 aliphatic rings. The Bertz CT molecular complexity index is 972. The quantitative estimate of drug-likeness (QED) is 0.514. The van der Waals surface area contributed by atoms with Crippen molar-refractivity contribution < 1.29 is 14.3 Å². The van der Waals surface area contributed by atoms with Crippen molar-refractivity contribution in [3.05, 3.63) is 59.9 Å². The van der Waals surface area contributed by atoms with Crippen molar-refractivity contribution in [2.75, 3.05) is 13.7 Å². The van der Waals surface area contributed by atoms with Gasteiger partial charge in [0.1, 0.15) is 5.69 Å². The van der Waals surface area contributed by atoms with Crippen molar-refractivity contribution in [2.45, 2.75) is 13.3 Å². The smallest absolute Gasteiger partial charge is 0.271 e. The van der Waals surface area contributed by atoms with E-state index >= 15 is 0 Å². The summed E-state index contributed by atoms with van der Waals surface area (Å²) in [6.07, 6.45) is 3.94. The monoisotopic (exact) mass is 364 g/mol. The number of rotatable bonds is 7. The van der Waals surface area contributed by atoms with E-state index in [1.807, 2.05) is 31.2 Å². The summed E-state index contributed by atoms with van der Waals surface area (Å²) >= 11 is 0. The fourth-order valence-electron chi connectivity index (χ4n) is 2.40. The molecule has 1 amide bonds. The summed E-state index contributed by atoms with van der Waals surface area (Å²) in [6.45, 7) is 2.60. The normalized spacial score (nSPS) is 10.9. The molecule has 2 aromatic carbocycles. The number of hydrogen-bond acceptors (Lipinski definition) is 6. The average molecular weight is 364 g/mol. The number of aromatic nitrogens is 2. The topological polar surface area (TPSA) is 85.7 Å². The number of para-hydroxylation sites is 2. The number of nitrogens with zero attached hydrogens (tertiary/aromatic N) is 3. The van der Waals surface area contributed by atoms with E-state index in [1.165, 1.54) is 13.3 Å². The first-order chi connectivity index (χ1) is 13.2. The summed E-state index contributed by atoms with van der Waals surface area (Å²) in [5.74, 6) is 0.742. The molecule has 0 saturated carbocycles. The minimum Gasteiger partial charge on any atom is -0.493 e. The van der Waals surface area contributed by atoms with Crippen LogP contribution in [0.4, 0.5) is 0 Å². The predicted octanol–water partition coefficient (Wildman–Crippen LogP) is 3.19. The molecule has 138 valence electrons. The van der Waals surface area contributed by atoms with E-state index in [1.54, 1.807) is 24.4 Å². The van der Waals surface area contributed by atoms with Crippen molar-refractivity contribution in [1.82, 2.24) is 15.4 Å². The van der Waals surface area contributed by atoms with Crippen LogP contribution in [-0.4, -0.2) is 35.8 Å². The van der Waals surface area contributed by atoms with Gasteiger partial charge < -0.3 is 9.47 Å². The number of hydrazone groups is 1. The van der Waals surface area contributed by atoms with E-state index in [2.05, 4.69) is 20.5 Å². The second-order valence-electron chi connectivity index (χ2n) is 5.70. The maximum Gasteiger partial charge on any atom is 0.271 e. The SMILES string of the molecule is CCCOc1ccc(C(=O)N/N=C\c2cnc3ccccc3n2)cc1OC. The van der Waals surface area contributed by atoms with Crippen LogP contribution < -0.4 is 14.9 Å². The van der Waals surface area contributed by atoms with E-state index < -0.39 is 0 Å². The molecule has 7 nitrogen and oxygen atoms in total. The molecule has 0 saturated heterocycles. The summed E-state index contributed by atoms with van der Waals surface area (Å²) in [7, 11) is 1.53. The number of methoxy groups -OCH3 is 1. The van der Waals surface area contributed by atoms with Gasteiger partial charge in [-0.05, 0) is 36.8 Å². The maximum atomic E-state index is 12.3. The number of carbonyl (C=O) groups is 1. The second kappa shape index (κ2) is 8.75. The zero-order valence-electron chi connectivity index (χ0n) is 15.2. The van der Waals surface area contributed by atoms with Crippen LogP contribution in [0.25, 0.3) is 11.0 Å². The van der Waals surface area contributed by atoms with Crippen LogP contribution in [0, 0.1) is 0 Å². The third-order valence-corrected chi connectivity index (χ3v) is 3.72. The Kier molecular flexibility index (Phi) is 5.94. The van der Waals surface area contributed by atoms with Crippen LogP contribution in [0.2, 0.25) is 0 Å². The number of benzene rings is 2. The Morgan fingerprint density at radius 3 is 2.78 bits per heavy atom. The summed E-state index contributed by atoms with van der Waals surface area (Å²) in [4.78, 5) is 21.0. The Morgan fingerprint density at radius 2 is 2.00 bits per heavy atom. The van der Waals surface area contributed by atoms with Gasteiger partial charge in [0.05, 0.1) is 37.2 Å². The molecule has 3 rings (SSSR count). The summed E-state index contributed by atoms with van der Waals surface area (Å²) in [6, 6.07) is 12.5. The first-order valence-corrected chi connectivity index (χ1v) is 8.57.